The number of carbonyl (C=O) groups excluding carboxylic acids is 1. The van der Waals surface area contributed by atoms with E-state index in [9.17, 15) is 4.79 Å². The molecule has 98 valence electrons. The number of para-hydroxylation sites is 1. The van der Waals surface area contributed by atoms with E-state index in [0.717, 1.165) is 22.3 Å². The molecule has 0 unspecified atom stereocenters. The lowest BCUT2D eigenvalue weighted by Crippen LogP contribution is -2.10. The van der Waals surface area contributed by atoms with Crippen LogP contribution in [0.4, 0.5) is 5.69 Å². The smallest absolute Gasteiger partial charge is 0.195 e. The Balaban J connectivity index is 2.60. The van der Waals surface area contributed by atoms with Crippen LogP contribution in [0, 0.1) is 27.7 Å². The van der Waals surface area contributed by atoms with Crippen molar-refractivity contribution in [3.63, 3.8) is 0 Å². The van der Waals surface area contributed by atoms with Crippen molar-refractivity contribution >= 4 is 11.5 Å². The number of nitrogen functional groups attached to an aromatic ring is 1. The predicted molar refractivity (Wildman–Crippen MR) is 79.7 cm³/mol. The molecule has 0 spiro atoms. The Bertz CT molecular complexity index is 633. The molecule has 2 aromatic carbocycles. The van der Waals surface area contributed by atoms with Gasteiger partial charge in [0, 0.05) is 16.8 Å². The molecule has 2 rings (SSSR count). The van der Waals surface area contributed by atoms with E-state index in [1.54, 1.807) is 6.07 Å². The van der Waals surface area contributed by atoms with Crippen molar-refractivity contribution < 1.29 is 4.79 Å². The number of hydrogen-bond acceptors (Lipinski definition) is 2. The van der Waals surface area contributed by atoms with Crippen LogP contribution in [0.15, 0.2) is 30.3 Å². The van der Waals surface area contributed by atoms with Gasteiger partial charge in [0.25, 0.3) is 0 Å². The average Bonchev–Trinajstić information content (AvgIpc) is 2.31. The summed E-state index contributed by atoms with van der Waals surface area (Å²) < 4.78 is 0. The zero-order valence-corrected chi connectivity index (χ0v) is 11.9. The normalized spacial score (nSPS) is 10.5. The van der Waals surface area contributed by atoms with E-state index >= 15 is 0 Å². The van der Waals surface area contributed by atoms with Gasteiger partial charge in [0.05, 0.1) is 0 Å². The van der Waals surface area contributed by atoms with E-state index in [0.29, 0.717) is 11.3 Å². The highest BCUT2D eigenvalue weighted by Crippen LogP contribution is 2.24. The largest absolute Gasteiger partial charge is 0.398 e. The first-order valence-electron chi connectivity index (χ1n) is 6.39. The first-order valence-corrected chi connectivity index (χ1v) is 6.39. The first kappa shape index (κ1) is 13.3. The van der Waals surface area contributed by atoms with Crippen molar-refractivity contribution in [3.8, 4) is 0 Å². The van der Waals surface area contributed by atoms with Crippen LogP contribution in [0.1, 0.15) is 38.2 Å². The highest BCUT2D eigenvalue weighted by molar-refractivity contribution is 6.14. The van der Waals surface area contributed by atoms with Gasteiger partial charge >= 0.3 is 0 Å². The van der Waals surface area contributed by atoms with Gasteiger partial charge < -0.3 is 5.73 Å². The summed E-state index contributed by atoms with van der Waals surface area (Å²) in [5.74, 6) is 0.0104. The molecule has 2 aromatic rings. The minimum absolute atomic E-state index is 0.0104. The molecule has 0 radical (unpaired) electrons. The van der Waals surface area contributed by atoms with Crippen LogP contribution in [-0.4, -0.2) is 5.78 Å². The third-order valence-electron chi connectivity index (χ3n) is 3.47. The van der Waals surface area contributed by atoms with E-state index in [-0.39, 0.29) is 5.78 Å². The molecule has 19 heavy (non-hydrogen) atoms. The Morgan fingerprint density at radius 1 is 0.947 bits per heavy atom. The van der Waals surface area contributed by atoms with Gasteiger partial charge in [0.2, 0.25) is 0 Å². The minimum Gasteiger partial charge on any atom is -0.398 e. The predicted octanol–water partition coefficient (Wildman–Crippen LogP) is 3.73. The van der Waals surface area contributed by atoms with Gasteiger partial charge in [-0.3, -0.25) is 4.79 Å². The lowest BCUT2D eigenvalue weighted by atomic mass is 9.92. The van der Waals surface area contributed by atoms with Crippen LogP contribution < -0.4 is 5.73 Å². The Hall–Kier alpha value is -2.09. The molecule has 0 saturated carbocycles. The number of ketones is 1. The SMILES string of the molecule is Cc1cc(C)c(C(=O)c2cccc(C)c2N)c(C)c1. The third-order valence-corrected chi connectivity index (χ3v) is 3.47. The van der Waals surface area contributed by atoms with Crippen molar-refractivity contribution in [2.24, 2.45) is 0 Å². The van der Waals surface area contributed by atoms with Crippen molar-refractivity contribution in [1.29, 1.82) is 0 Å². The zero-order valence-electron chi connectivity index (χ0n) is 11.9. The third kappa shape index (κ3) is 2.39. The van der Waals surface area contributed by atoms with E-state index in [2.05, 4.69) is 0 Å². The first-order chi connectivity index (χ1) is 8.91. The highest BCUT2D eigenvalue weighted by atomic mass is 16.1. The molecular weight excluding hydrogens is 234 g/mol. The number of anilines is 1. The molecule has 0 aliphatic rings. The number of hydrogen-bond donors (Lipinski definition) is 1. The van der Waals surface area contributed by atoms with Gasteiger partial charge in [0.15, 0.2) is 5.78 Å². The van der Waals surface area contributed by atoms with Gasteiger partial charge in [-0.2, -0.15) is 0 Å². The van der Waals surface area contributed by atoms with Gasteiger partial charge in [-0.15, -0.1) is 0 Å². The molecule has 0 heterocycles. The molecular formula is C17H19NO. The maximum absolute atomic E-state index is 12.7. The molecule has 0 atom stereocenters. The highest BCUT2D eigenvalue weighted by Gasteiger charge is 2.17. The summed E-state index contributed by atoms with van der Waals surface area (Å²) in [5, 5.41) is 0. The van der Waals surface area contributed by atoms with Crippen molar-refractivity contribution in [3.05, 3.63) is 63.7 Å². The standard InChI is InChI=1S/C17H19NO/c1-10-8-12(3)15(13(4)9-10)17(19)14-7-5-6-11(2)16(14)18/h5-9H,18H2,1-4H3. The van der Waals surface area contributed by atoms with Gasteiger partial charge in [0.1, 0.15) is 0 Å². The second-order valence-electron chi connectivity index (χ2n) is 5.14. The fourth-order valence-electron chi connectivity index (χ4n) is 2.55. The Morgan fingerprint density at radius 3 is 2.11 bits per heavy atom. The Morgan fingerprint density at radius 2 is 1.53 bits per heavy atom. The number of rotatable bonds is 2. The molecule has 2 N–H and O–H groups in total. The lowest BCUT2D eigenvalue weighted by Gasteiger charge is -2.12. The van der Waals surface area contributed by atoms with Crippen LogP contribution in [0.25, 0.3) is 0 Å². The van der Waals surface area contributed by atoms with Crippen molar-refractivity contribution in [1.82, 2.24) is 0 Å². The average molecular weight is 253 g/mol. The minimum atomic E-state index is 0.0104. The van der Waals surface area contributed by atoms with Gasteiger partial charge in [-0.05, 0) is 50.5 Å². The summed E-state index contributed by atoms with van der Waals surface area (Å²) in [6.07, 6.45) is 0. The Labute approximate surface area is 114 Å². The second kappa shape index (κ2) is 4.88. The van der Waals surface area contributed by atoms with Crippen molar-refractivity contribution in [2.45, 2.75) is 27.7 Å². The summed E-state index contributed by atoms with van der Waals surface area (Å²) in [7, 11) is 0. The fourth-order valence-corrected chi connectivity index (χ4v) is 2.55. The molecule has 0 amide bonds. The topological polar surface area (TPSA) is 43.1 Å². The number of carbonyl (C=O) groups is 1. The van der Waals surface area contributed by atoms with Crippen LogP contribution >= 0.6 is 0 Å². The Kier molecular flexibility index (Phi) is 3.43. The zero-order chi connectivity index (χ0) is 14.2. The van der Waals surface area contributed by atoms with Crippen LogP contribution in [0.2, 0.25) is 0 Å². The summed E-state index contributed by atoms with van der Waals surface area (Å²) >= 11 is 0. The van der Waals surface area contributed by atoms with E-state index in [1.807, 2.05) is 52.0 Å². The molecule has 0 fully saturated rings. The maximum Gasteiger partial charge on any atom is 0.195 e. The number of nitrogens with two attached hydrogens (primary N) is 1. The summed E-state index contributed by atoms with van der Waals surface area (Å²) in [6, 6.07) is 9.65. The fraction of sp³-hybridized carbons (Fsp3) is 0.235. The molecule has 2 heteroatoms. The quantitative estimate of drug-likeness (QED) is 0.654. The summed E-state index contributed by atoms with van der Waals surface area (Å²) in [5.41, 5.74) is 12.1. The van der Waals surface area contributed by atoms with Gasteiger partial charge in [-0.1, -0.05) is 29.8 Å². The maximum atomic E-state index is 12.7. The molecule has 0 saturated heterocycles. The van der Waals surface area contributed by atoms with E-state index < -0.39 is 0 Å². The van der Waals surface area contributed by atoms with E-state index in [4.69, 9.17) is 5.73 Å². The van der Waals surface area contributed by atoms with Crippen LogP contribution in [-0.2, 0) is 0 Å². The molecule has 2 nitrogen and oxygen atoms in total. The number of benzene rings is 2. The molecule has 0 aliphatic heterocycles. The molecule has 0 aromatic heterocycles. The summed E-state index contributed by atoms with van der Waals surface area (Å²) in [6.45, 7) is 7.90. The van der Waals surface area contributed by atoms with E-state index in [1.165, 1.54) is 5.56 Å². The lowest BCUT2D eigenvalue weighted by molar-refractivity contribution is 0.103. The molecule has 0 bridgehead atoms. The second-order valence-corrected chi connectivity index (χ2v) is 5.14. The number of aryl methyl sites for hydroxylation is 4. The molecule has 0 aliphatic carbocycles. The monoisotopic (exact) mass is 253 g/mol. The van der Waals surface area contributed by atoms with Gasteiger partial charge in [-0.25, -0.2) is 0 Å². The van der Waals surface area contributed by atoms with Crippen molar-refractivity contribution in [2.75, 3.05) is 5.73 Å². The van der Waals surface area contributed by atoms with Crippen LogP contribution in [0.5, 0.6) is 0 Å². The van der Waals surface area contributed by atoms with Crippen LogP contribution in [0.3, 0.4) is 0 Å². The summed E-state index contributed by atoms with van der Waals surface area (Å²) in [4.78, 5) is 12.7.